The monoisotopic (exact) mass is 458 g/mol. The maximum absolute atomic E-state index is 12.2. The lowest BCUT2D eigenvalue weighted by Crippen LogP contribution is -2.49. The van der Waals surface area contributed by atoms with Gasteiger partial charge in [0.15, 0.2) is 0 Å². The molecule has 7 heteroatoms. The van der Waals surface area contributed by atoms with E-state index in [0.717, 1.165) is 42.5 Å². The van der Waals surface area contributed by atoms with Crippen LogP contribution in [0.15, 0.2) is 59.1 Å². The Balaban J connectivity index is 1.31. The van der Waals surface area contributed by atoms with Crippen molar-refractivity contribution < 1.29 is 9.59 Å². The van der Waals surface area contributed by atoms with E-state index in [1.165, 1.54) is 5.56 Å². The maximum Gasteiger partial charge on any atom is 0.315 e. The van der Waals surface area contributed by atoms with Crippen LogP contribution in [0.3, 0.4) is 0 Å². The molecule has 0 spiro atoms. The molecule has 1 aliphatic heterocycles. The number of nitrogens with one attached hydrogen (secondary N) is 3. The van der Waals surface area contributed by atoms with Crippen LogP contribution < -0.4 is 16.0 Å². The Labute approximate surface area is 180 Å². The van der Waals surface area contributed by atoms with Gasteiger partial charge in [0, 0.05) is 35.8 Å². The average molecular weight is 459 g/mol. The standard InChI is InChI=1S/C22H27BrN4O2/c23-20-9-5-4-6-17(20)10-13-24-22(29)26-19-11-14-27(15-12-19)16-21(28)25-18-7-2-1-3-8-18/h1-9,19H,10-16H2,(H,25,28)(H2,24,26,29). The molecule has 1 heterocycles. The molecule has 154 valence electrons. The predicted molar refractivity (Wildman–Crippen MR) is 119 cm³/mol. The highest BCUT2D eigenvalue weighted by Crippen LogP contribution is 2.16. The molecule has 6 nitrogen and oxygen atoms in total. The highest BCUT2D eigenvalue weighted by molar-refractivity contribution is 9.10. The van der Waals surface area contributed by atoms with Crippen LogP contribution in [0.4, 0.5) is 10.5 Å². The zero-order chi connectivity index (χ0) is 20.5. The molecule has 0 aliphatic carbocycles. The lowest BCUT2D eigenvalue weighted by atomic mass is 10.1. The van der Waals surface area contributed by atoms with Crippen molar-refractivity contribution in [1.82, 2.24) is 15.5 Å². The van der Waals surface area contributed by atoms with Crippen LogP contribution in [0.1, 0.15) is 18.4 Å². The number of piperidine rings is 1. The summed E-state index contributed by atoms with van der Waals surface area (Å²) in [6, 6.07) is 17.5. The van der Waals surface area contributed by atoms with Crippen LogP contribution in [-0.2, 0) is 11.2 Å². The molecule has 0 aromatic heterocycles. The number of rotatable bonds is 7. The van der Waals surface area contributed by atoms with E-state index in [1.807, 2.05) is 54.6 Å². The van der Waals surface area contributed by atoms with Crippen LogP contribution in [0.25, 0.3) is 0 Å². The molecule has 2 aromatic rings. The molecular formula is C22H27BrN4O2. The number of anilines is 1. The summed E-state index contributed by atoms with van der Waals surface area (Å²) in [4.78, 5) is 26.4. The van der Waals surface area contributed by atoms with Crippen molar-refractivity contribution in [3.8, 4) is 0 Å². The van der Waals surface area contributed by atoms with Gasteiger partial charge in [0.2, 0.25) is 5.91 Å². The van der Waals surface area contributed by atoms with E-state index in [0.29, 0.717) is 13.1 Å². The average Bonchev–Trinajstić information content (AvgIpc) is 2.71. The van der Waals surface area contributed by atoms with Crippen LogP contribution >= 0.6 is 15.9 Å². The smallest absolute Gasteiger partial charge is 0.315 e. The zero-order valence-electron chi connectivity index (χ0n) is 16.4. The van der Waals surface area contributed by atoms with E-state index < -0.39 is 0 Å². The highest BCUT2D eigenvalue weighted by atomic mass is 79.9. The van der Waals surface area contributed by atoms with Gasteiger partial charge in [-0.05, 0) is 43.0 Å². The van der Waals surface area contributed by atoms with Crippen LogP contribution in [0.5, 0.6) is 0 Å². The fraction of sp³-hybridized carbons (Fsp3) is 0.364. The zero-order valence-corrected chi connectivity index (χ0v) is 18.0. The van der Waals surface area contributed by atoms with E-state index in [1.54, 1.807) is 0 Å². The lowest BCUT2D eigenvalue weighted by Gasteiger charge is -2.31. The summed E-state index contributed by atoms with van der Waals surface area (Å²) in [7, 11) is 0. The largest absolute Gasteiger partial charge is 0.338 e. The van der Waals surface area contributed by atoms with Crippen molar-refractivity contribution in [3.05, 3.63) is 64.6 Å². The second-order valence-corrected chi connectivity index (χ2v) is 8.06. The third-order valence-corrected chi connectivity index (χ3v) is 5.76. The first-order valence-corrected chi connectivity index (χ1v) is 10.7. The molecule has 0 radical (unpaired) electrons. The van der Waals surface area contributed by atoms with Gasteiger partial charge in [-0.25, -0.2) is 4.79 Å². The van der Waals surface area contributed by atoms with Crippen molar-refractivity contribution in [1.29, 1.82) is 0 Å². The number of hydrogen-bond donors (Lipinski definition) is 3. The summed E-state index contributed by atoms with van der Waals surface area (Å²) in [5, 5.41) is 8.88. The number of nitrogens with zero attached hydrogens (tertiary/aromatic N) is 1. The first-order chi connectivity index (χ1) is 14.1. The van der Waals surface area contributed by atoms with Gasteiger partial charge in [0.25, 0.3) is 0 Å². The van der Waals surface area contributed by atoms with E-state index in [-0.39, 0.29) is 18.0 Å². The summed E-state index contributed by atoms with van der Waals surface area (Å²) in [6.07, 6.45) is 2.47. The predicted octanol–water partition coefficient (Wildman–Crippen LogP) is 3.39. The Hall–Kier alpha value is -2.38. The third kappa shape index (κ3) is 7.18. The van der Waals surface area contributed by atoms with Crippen LogP contribution in [0.2, 0.25) is 0 Å². The van der Waals surface area contributed by atoms with E-state index in [2.05, 4.69) is 36.8 Å². The third-order valence-electron chi connectivity index (χ3n) is 4.99. The molecule has 29 heavy (non-hydrogen) atoms. The minimum Gasteiger partial charge on any atom is -0.338 e. The normalized spacial score (nSPS) is 14.9. The summed E-state index contributed by atoms with van der Waals surface area (Å²) < 4.78 is 1.06. The number of benzene rings is 2. The molecule has 3 amide bonds. The van der Waals surface area contributed by atoms with E-state index in [9.17, 15) is 9.59 Å². The molecule has 2 aromatic carbocycles. The van der Waals surface area contributed by atoms with Gasteiger partial charge < -0.3 is 16.0 Å². The van der Waals surface area contributed by atoms with Crippen LogP contribution in [-0.4, -0.2) is 49.1 Å². The first-order valence-electron chi connectivity index (χ1n) is 9.95. The number of urea groups is 1. The summed E-state index contributed by atoms with van der Waals surface area (Å²) in [5.41, 5.74) is 1.99. The van der Waals surface area contributed by atoms with Gasteiger partial charge in [-0.3, -0.25) is 9.69 Å². The van der Waals surface area contributed by atoms with Crippen molar-refractivity contribution in [2.45, 2.75) is 25.3 Å². The van der Waals surface area contributed by atoms with Crippen molar-refractivity contribution in [2.24, 2.45) is 0 Å². The molecule has 1 aliphatic rings. The highest BCUT2D eigenvalue weighted by Gasteiger charge is 2.22. The van der Waals surface area contributed by atoms with Crippen LogP contribution in [0, 0.1) is 0 Å². The quantitative estimate of drug-likeness (QED) is 0.595. The molecule has 0 unspecified atom stereocenters. The Bertz CT molecular complexity index is 807. The number of para-hydroxylation sites is 1. The van der Waals surface area contributed by atoms with E-state index >= 15 is 0 Å². The molecular weight excluding hydrogens is 432 g/mol. The topological polar surface area (TPSA) is 73.5 Å². The Morgan fingerprint density at radius 3 is 2.41 bits per heavy atom. The molecule has 1 saturated heterocycles. The van der Waals surface area contributed by atoms with Gasteiger partial charge in [-0.15, -0.1) is 0 Å². The molecule has 3 rings (SSSR count). The van der Waals surface area contributed by atoms with Gasteiger partial charge >= 0.3 is 6.03 Å². The molecule has 1 fully saturated rings. The summed E-state index contributed by atoms with van der Waals surface area (Å²) in [5.74, 6) is -0.00701. The minimum absolute atomic E-state index is 0.00701. The number of carbonyl (C=O) groups excluding carboxylic acids is 2. The first kappa shape index (κ1) is 21.3. The van der Waals surface area contributed by atoms with Crippen molar-refractivity contribution >= 4 is 33.6 Å². The molecule has 0 atom stereocenters. The summed E-state index contributed by atoms with van der Waals surface area (Å²) >= 11 is 3.52. The maximum atomic E-state index is 12.2. The van der Waals surface area contributed by atoms with E-state index in [4.69, 9.17) is 0 Å². The Kier molecular flexibility index (Phi) is 8.07. The Morgan fingerprint density at radius 1 is 1.00 bits per heavy atom. The van der Waals surface area contributed by atoms with Gasteiger partial charge in [0.1, 0.15) is 0 Å². The van der Waals surface area contributed by atoms with Crippen molar-refractivity contribution in [2.75, 3.05) is 31.5 Å². The molecule has 0 bridgehead atoms. The second kappa shape index (κ2) is 11.0. The number of carbonyl (C=O) groups is 2. The fourth-order valence-corrected chi connectivity index (χ4v) is 3.89. The van der Waals surface area contributed by atoms with Gasteiger partial charge in [-0.2, -0.15) is 0 Å². The second-order valence-electron chi connectivity index (χ2n) is 7.21. The molecule has 3 N–H and O–H groups in total. The minimum atomic E-state index is -0.127. The van der Waals surface area contributed by atoms with Gasteiger partial charge in [-0.1, -0.05) is 52.3 Å². The van der Waals surface area contributed by atoms with Crippen molar-refractivity contribution in [3.63, 3.8) is 0 Å². The summed E-state index contributed by atoms with van der Waals surface area (Å²) in [6.45, 7) is 2.56. The van der Waals surface area contributed by atoms with Gasteiger partial charge in [0.05, 0.1) is 6.54 Å². The fourth-order valence-electron chi connectivity index (χ4n) is 3.41. The Morgan fingerprint density at radius 2 is 1.69 bits per heavy atom. The lowest BCUT2D eigenvalue weighted by molar-refractivity contribution is -0.117. The number of hydrogen-bond acceptors (Lipinski definition) is 3. The number of halogens is 1. The number of amides is 3. The SMILES string of the molecule is O=C(CN1CCC(NC(=O)NCCc2ccccc2Br)CC1)Nc1ccccc1. The number of likely N-dealkylation sites (tertiary alicyclic amines) is 1. The molecule has 0 saturated carbocycles.